The summed E-state index contributed by atoms with van der Waals surface area (Å²) in [7, 11) is -3.18. The average Bonchev–Trinajstić information content (AvgIpc) is 3.59. The van der Waals surface area contributed by atoms with E-state index >= 15 is 13.2 Å². The van der Waals surface area contributed by atoms with Crippen LogP contribution in [0.3, 0.4) is 0 Å². The number of likely N-dealkylation sites (tertiary alicyclic amines) is 1. The first-order valence-corrected chi connectivity index (χ1v) is 19.4. The highest BCUT2D eigenvalue weighted by Gasteiger charge is 2.43. The lowest BCUT2D eigenvalue weighted by Gasteiger charge is -2.38. The molecule has 5 heterocycles. The van der Waals surface area contributed by atoms with Crippen LogP contribution in [0.25, 0.3) is 11.0 Å². The first kappa shape index (κ1) is 37.0. The number of nitrogens with zero attached hydrogens (tertiary/aromatic N) is 4. The Morgan fingerprint density at radius 3 is 2.51 bits per heavy atom. The minimum Gasteiger partial charge on any atom is -0.465 e. The third-order valence-electron chi connectivity index (χ3n) is 10.2. The summed E-state index contributed by atoms with van der Waals surface area (Å²) >= 11 is 0. The summed E-state index contributed by atoms with van der Waals surface area (Å²) in [5.41, 5.74) is -0.193. The Balaban J connectivity index is 1.24. The van der Waals surface area contributed by atoms with E-state index in [1.165, 1.54) is 18.5 Å². The highest BCUT2D eigenvalue weighted by Crippen LogP contribution is 2.40. The number of ether oxygens (including phenoxy) is 2. The maximum atomic E-state index is 15.8. The number of pyridine rings is 1. The van der Waals surface area contributed by atoms with Crippen LogP contribution in [0.15, 0.2) is 35.4 Å². The molecule has 3 fully saturated rings. The standard InChI is InChI=1S/C35H44F3N5O7S/c1-22(25-7-6-8-28(30(25)36)35(37,38)18-23-19-42(20-23)34(45)46)41-31-27-17-26(24-10-15-51(47,48)16-11-24)33(44)43(32(27)40-21-39-31)12-5-3-2-4-9-29-49-13-14-50-29/h6-8,17,21-24,29H,2-5,9-16,18-20H2,1H3,(H,45,46)(H,39,40,41). The Labute approximate surface area is 294 Å². The minimum absolute atomic E-state index is 0.0147. The monoisotopic (exact) mass is 735 g/mol. The zero-order valence-corrected chi connectivity index (χ0v) is 29.3. The number of hydrogen-bond acceptors (Lipinski definition) is 9. The molecule has 0 bridgehead atoms. The number of benzene rings is 1. The third kappa shape index (κ3) is 8.49. The van der Waals surface area contributed by atoms with Crippen LogP contribution >= 0.6 is 0 Å². The summed E-state index contributed by atoms with van der Waals surface area (Å²) in [4.78, 5) is 34.9. The molecule has 3 aliphatic rings. The Bertz CT molecular complexity index is 1880. The number of halogens is 3. The molecule has 0 saturated carbocycles. The summed E-state index contributed by atoms with van der Waals surface area (Å²) in [6, 6.07) is 4.68. The lowest BCUT2D eigenvalue weighted by Crippen LogP contribution is -2.50. The zero-order valence-electron chi connectivity index (χ0n) is 28.5. The van der Waals surface area contributed by atoms with Crippen molar-refractivity contribution in [3.63, 3.8) is 0 Å². The topological polar surface area (TPSA) is 153 Å². The first-order valence-electron chi connectivity index (χ1n) is 17.6. The van der Waals surface area contributed by atoms with Gasteiger partial charge in [0.2, 0.25) is 0 Å². The van der Waals surface area contributed by atoms with Crippen LogP contribution in [0.1, 0.15) is 86.9 Å². The second kappa shape index (κ2) is 15.5. The molecule has 6 rings (SSSR count). The minimum atomic E-state index is -3.52. The summed E-state index contributed by atoms with van der Waals surface area (Å²) in [6.07, 6.45) is 4.06. The molecule has 0 aliphatic carbocycles. The number of aryl methyl sites for hydroxylation is 1. The van der Waals surface area contributed by atoms with Crippen molar-refractivity contribution in [1.82, 2.24) is 19.4 Å². The molecule has 16 heteroatoms. The largest absolute Gasteiger partial charge is 0.465 e. The van der Waals surface area contributed by atoms with E-state index in [4.69, 9.17) is 14.6 Å². The fraction of sp³-hybridized carbons (Fsp3) is 0.600. The molecule has 3 aliphatic heterocycles. The first-order chi connectivity index (χ1) is 24.3. The van der Waals surface area contributed by atoms with Crippen LogP contribution in [0.5, 0.6) is 0 Å². The van der Waals surface area contributed by atoms with Crippen molar-refractivity contribution in [1.29, 1.82) is 0 Å². The van der Waals surface area contributed by atoms with Crippen LogP contribution in [-0.4, -0.2) is 83.2 Å². The number of carbonyl (C=O) groups is 1. The molecule has 1 atom stereocenters. The molecule has 2 aromatic heterocycles. The van der Waals surface area contributed by atoms with Gasteiger partial charge in [-0.2, -0.15) is 0 Å². The second-order valence-corrected chi connectivity index (χ2v) is 16.2. The fourth-order valence-corrected chi connectivity index (χ4v) is 8.80. The van der Waals surface area contributed by atoms with Crippen LogP contribution < -0.4 is 10.9 Å². The van der Waals surface area contributed by atoms with Gasteiger partial charge in [0.15, 0.2) is 6.29 Å². The van der Waals surface area contributed by atoms with Crippen LogP contribution in [-0.2, 0) is 31.8 Å². The molecule has 1 amide bonds. The molecule has 1 unspecified atom stereocenters. The van der Waals surface area contributed by atoms with E-state index in [1.54, 1.807) is 17.6 Å². The Hall–Kier alpha value is -3.76. The number of hydrogen-bond donors (Lipinski definition) is 2. The number of amides is 1. The summed E-state index contributed by atoms with van der Waals surface area (Å²) < 4.78 is 83.6. The molecular weight excluding hydrogens is 691 g/mol. The summed E-state index contributed by atoms with van der Waals surface area (Å²) in [5.74, 6) is -5.22. The van der Waals surface area contributed by atoms with E-state index in [1.807, 2.05) is 0 Å². The Kier molecular flexibility index (Phi) is 11.2. The van der Waals surface area contributed by atoms with Gasteiger partial charge < -0.3 is 24.8 Å². The SMILES string of the molecule is CC(Nc1ncnc2c1cc(C1CCS(=O)(=O)CC1)c(=O)n2CCCCCCC1OCCO1)c1cccc(C(F)(F)CC2CN(C(=O)O)C2)c1F. The highest BCUT2D eigenvalue weighted by molar-refractivity contribution is 7.91. The molecule has 0 radical (unpaired) electrons. The predicted molar refractivity (Wildman–Crippen MR) is 183 cm³/mol. The van der Waals surface area contributed by atoms with Crippen LogP contribution in [0.4, 0.5) is 23.8 Å². The van der Waals surface area contributed by atoms with Crippen molar-refractivity contribution in [3.05, 3.63) is 63.5 Å². The molecule has 2 N–H and O–H groups in total. The number of rotatable bonds is 14. The van der Waals surface area contributed by atoms with E-state index in [0.29, 0.717) is 55.6 Å². The van der Waals surface area contributed by atoms with Gasteiger partial charge in [-0.25, -0.2) is 36.4 Å². The lowest BCUT2D eigenvalue weighted by atomic mass is 9.89. The van der Waals surface area contributed by atoms with E-state index < -0.39 is 51.6 Å². The molecular formula is C35H44F3N5O7S. The quantitative estimate of drug-likeness (QED) is 0.194. The second-order valence-electron chi connectivity index (χ2n) is 13.9. The molecule has 1 aromatic carbocycles. The van der Waals surface area contributed by atoms with Crippen molar-refractivity contribution in [3.8, 4) is 0 Å². The van der Waals surface area contributed by atoms with Crippen molar-refractivity contribution < 1.29 is 41.0 Å². The molecule has 12 nitrogen and oxygen atoms in total. The van der Waals surface area contributed by atoms with Gasteiger partial charge in [-0.05, 0) is 51.0 Å². The molecule has 3 saturated heterocycles. The molecule has 278 valence electrons. The van der Waals surface area contributed by atoms with Crippen molar-refractivity contribution in [2.75, 3.05) is 43.1 Å². The molecule has 51 heavy (non-hydrogen) atoms. The number of fused-ring (bicyclic) bond motifs is 1. The van der Waals surface area contributed by atoms with E-state index in [9.17, 15) is 18.0 Å². The smallest absolute Gasteiger partial charge is 0.407 e. The van der Waals surface area contributed by atoms with Crippen LogP contribution in [0.2, 0.25) is 0 Å². The van der Waals surface area contributed by atoms with Gasteiger partial charge in [-0.1, -0.05) is 31.0 Å². The number of anilines is 1. The van der Waals surface area contributed by atoms with Gasteiger partial charge in [0.1, 0.15) is 33.4 Å². The van der Waals surface area contributed by atoms with Gasteiger partial charge in [-0.15, -0.1) is 0 Å². The van der Waals surface area contributed by atoms with Gasteiger partial charge in [-0.3, -0.25) is 9.36 Å². The number of unbranched alkanes of at least 4 members (excludes halogenated alkanes) is 3. The maximum Gasteiger partial charge on any atom is 0.407 e. The Morgan fingerprint density at radius 1 is 1.10 bits per heavy atom. The fourth-order valence-electron chi connectivity index (χ4n) is 7.31. The zero-order chi connectivity index (χ0) is 36.3. The van der Waals surface area contributed by atoms with Crippen molar-refractivity contribution in [2.45, 2.75) is 89.0 Å². The van der Waals surface area contributed by atoms with Crippen molar-refractivity contribution in [2.24, 2.45) is 5.92 Å². The lowest BCUT2D eigenvalue weighted by molar-refractivity contribution is -0.0553. The number of nitrogens with one attached hydrogen (secondary N) is 1. The van der Waals surface area contributed by atoms with Gasteiger partial charge >= 0.3 is 6.09 Å². The van der Waals surface area contributed by atoms with Gasteiger partial charge in [0.05, 0.1) is 41.7 Å². The molecule has 0 spiro atoms. The van der Waals surface area contributed by atoms with Crippen molar-refractivity contribution >= 4 is 32.8 Å². The van der Waals surface area contributed by atoms with E-state index in [-0.39, 0.29) is 53.7 Å². The highest BCUT2D eigenvalue weighted by atomic mass is 32.2. The number of aromatic nitrogens is 3. The van der Waals surface area contributed by atoms with E-state index in [0.717, 1.165) is 36.6 Å². The average molecular weight is 736 g/mol. The predicted octanol–water partition coefficient (Wildman–Crippen LogP) is 5.81. The normalized spacial score (nSPS) is 19.3. The van der Waals surface area contributed by atoms with Crippen LogP contribution in [0, 0.1) is 11.7 Å². The number of carboxylic acid groups (broad SMARTS) is 1. The van der Waals surface area contributed by atoms with Gasteiger partial charge in [0, 0.05) is 43.1 Å². The maximum absolute atomic E-state index is 15.8. The number of sulfone groups is 1. The number of alkyl halides is 2. The molecule has 3 aromatic rings. The van der Waals surface area contributed by atoms with Gasteiger partial charge in [0.25, 0.3) is 11.5 Å². The summed E-state index contributed by atoms with van der Waals surface area (Å²) in [6.45, 7) is 3.15. The Morgan fingerprint density at radius 2 is 1.80 bits per heavy atom. The van der Waals surface area contributed by atoms with E-state index in [2.05, 4.69) is 15.3 Å². The summed E-state index contributed by atoms with van der Waals surface area (Å²) in [5, 5.41) is 12.7. The third-order valence-corrected chi connectivity index (χ3v) is 11.9.